The molecule has 1 aliphatic heterocycles. The minimum absolute atomic E-state index is 0.655. The zero-order chi connectivity index (χ0) is 14.9. The van der Waals surface area contributed by atoms with E-state index in [0.29, 0.717) is 5.92 Å². The smallest absolute Gasteiger partial charge is 0.0921 e. The summed E-state index contributed by atoms with van der Waals surface area (Å²) < 4.78 is 0. The van der Waals surface area contributed by atoms with Gasteiger partial charge < -0.3 is 10.0 Å². The van der Waals surface area contributed by atoms with Crippen LogP contribution in [0.25, 0.3) is 10.8 Å². The van der Waals surface area contributed by atoms with Crippen molar-refractivity contribution in [1.82, 2.24) is 4.90 Å². The van der Waals surface area contributed by atoms with Crippen molar-refractivity contribution in [3.8, 4) is 0 Å². The van der Waals surface area contributed by atoms with E-state index in [-0.39, 0.29) is 0 Å². The monoisotopic (exact) mass is 283 g/mol. The predicted molar refractivity (Wildman–Crippen MR) is 88.4 cm³/mol. The molecule has 1 aliphatic rings. The molecule has 0 atom stereocenters. The molecule has 0 bridgehead atoms. The molecule has 0 aromatic heterocycles. The van der Waals surface area contributed by atoms with Crippen molar-refractivity contribution in [2.45, 2.75) is 32.3 Å². The summed E-state index contributed by atoms with van der Waals surface area (Å²) in [4.78, 5) is 2.47. The molecule has 2 nitrogen and oxygen atoms in total. The van der Waals surface area contributed by atoms with Gasteiger partial charge in [0.15, 0.2) is 0 Å². The van der Waals surface area contributed by atoms with Gasteiger partial charge in [-0.25, -0.2) is 0 Å². The largest absolute Gasteiger partial charge is 0.385 e. The van der Waals surface area contributed by atoms with Crippen LogP contribution in [-0.2, 0) is 5.60 Å². The van der Waals surface area contributed by atoms with Gasteiger partial charge in [-0.3, -0.25) is 0 Å². The Morgan fingerprint density at radius 3 is 2.38 bits per heavy atom. The lowest BCUT2D eigenvalue weighted by Crippen LogP contribution is -2.43. The molecule has 21 heavy (non-hydrogen) atoms. The third-order valence-electron chi connectivity index (χ3n) is 4.59. The Labute approximate surface area is 127 Å². The Balaban J connectivity index is 1.79. The van der Waals surface area contributed by atoms with Gasteiger partial charge in [0.25, 0.3) is 0 Å². The maximum atomic E-state index is 11.0. The van der Waals surface area contributed by atoms with E-state index in [0.717, 1.165) is 38.0 Å². The normalized spacial score (nSPS) is 19.2. The Hall–Kier alpha value is -1.38. The van der Waals surface area contributed by atoms with Gasteiger partial charge in [-0.05, 0) is 41.2 Å². The topological polar surface area (TPSA) is 23.5 Å². The van der Waals surface area contributed by atoms with E-state index in [1.807, 2.05) is 0 Å². The second-order valence-corrected chi connectivity index (χ2v) is 6.79. The van der Waals surface area contributed by atoms with Crippen molar-refractivity contribution in [3.63, 3.8) is 0 Å². The van der Waals surface area contributed by atoms with Gasteiger partial charge >= 0.3 is 0 Å². The van der Waals surface area contributed by atoms with Gasteiger partial charge in [0.1, 0.15) is 0 Å². The summed E-state index contributed by atoms with van der Waals surface area (Å²) in [5.41, 5.74) is 0.419. The van der Waals surface area contributed by atoms with Crippen LogP contribution in [0.2, 0.25) is 0 Å². The third kappa shape index (κ3) is 3.12. The molecule has 0 radical (unpaired) electrons. The second kappa shape index (κ2) is 5.78. The summed E-state index contributed by atoms with van der Waals surface area (Å²) >= 11 is 0. The third-order valence-corrected chi connectivity index (χ3v) is 4.59. The fraction of sp³-hybridized carbons (Fsp3) is 0.474. The molecule has 1 saturated heterocycles. The number of hydrogen-bond donors (Lipinski definition) is 1. The average molecular weight is 283 g/mol. The summed E-state index contributed by atoms with van der Waals surface area (Å²) in [6.07, 6.45) is 1.66. The zero-order valence-electron chi connectivity index (χ0n) is 13.0. The lowest BCUT2D eigenvalue weighted by molar-refractivity contribution is -0.0278. The maximum absolute atomic E-state index is 11.0. The predicted octanol–water partition coefficient (Wildman–Crippen LogP) is 3.78. The molecule has 1 fully saturated rings. The van der Waals surface area contributed by atoms with Crippen molar-refractivity contribution in [3.05, 3.63) is 48.0 Å². The summed E-state index contributed by atoms with van der Waals surface area (Å²) in [6, 6.07) is 14.7. The lowest BCUT2D eigenvalue weighted by Gasteiger charge is -2.39. The molecular formula is C19H25NO. The highest BCUT2D eigenvalue weighted by Crippen LogP contribution is 2.34. The second-order valence-electron chi connectivity index (χ2n) is 6.79. The molecule has 2 heteroatoms. The highest BCUT2D eigenvalue weighted by molar-refractivity contribution is 5.83. The number of aliphatic hydroxyl groups is 1. The molecule has 0 aliphatic carbocycles. The molecule has 1 N–H and O–H groups in total. The van der Waals surface area contributed by atoms with E-state index < -0.39 is 5.60 Å². The first kappa shape index (κ1) is 14.6. The Morgan fingerprint density at radius 1 is 1.05 bits per heavy atom. The average Bonchev–Trinajstić information content (AvgIpc) is 2.49. The summed E-state index contributed by atoms with van der Waals surface area (Å²) in [5, 5.41) is 13.5. The first-order valence-electron chi connectivity index (χ1n) is 8.01. The molecule has 0 spiro atoms. The lowest BCUT2D eigenvalue weighted by atomic mass is 9.83. The van der Waals surface area contributed by atoms with E-state index in [1.165, 1.54) is 10.8 Å². The summed E-state index contributed by atoms with van der Waals surface area (Å²) in [6.45, 7) is 7.62. The zero-order valence-corrected chi connectivity index (χ0v) is 13.0. The molecular weight excluding hydrogens is 258 g/mol. The van der Waals surface area contributed by atoms with E-state index in [1.54, 1.807) is 0 Å². The highest BCUT2D eigenvalue weighted by atomic mass is 16.3. The quantitative estimate of drug-likeness (QED) is 0.926. The highest BCUT2D eigenvalue weighted by Gasteiger charge is 2.34. The Bertz CT molecular complexity index is 612. The summed E-state index contributed by atoms with van der Waals surface area (Å²) in [7, 11) is 0. The Kier molecular flexibility index (Phi) is 4.01. The van der Waals surface area contributed by atoms with Gasteiger partial charge in [-0.2, -0.15) is 0 Å². The molecule has 2 aromatic rings. The van der Waals surface area contributed by atoms with Crippen LogP contribution in [0.1, 0.15) is 32.3 Å². The first-order valence-corrected chi connectivity index (χ1v) is 8.01. The van der Waals surface area contributed by atoms with E-state index in [4.69, 9.17) is 0 Å². The van der Waals surface area contributed by atoms with Gasteiger partial charge in [-0.1, -0.05) is 50.2 Å². The fourth-order valence-corrected chi connectivity index (χ4v) is 3.39. The van der Waals surface area contributed by atoms with Crippen molar-refractivity contribution < 1.29 is 5.11 Å². The number of benzene rings is 2. The van der Waals surface area contributed by atoms with Gasteiger partial charge in [0, 0.05) is 19.6 Å². The van der Waals surface area contributed by atoms with Crippen LogP contribution in [0, 0.1) is 5.92 Å². The van der Waals surface area contributed by atoms with Crippen molar-refractivity contribution in [2.24, 2.45) is 5.92 Å². The minimum Gasteiger partial charge on any atom is -0.385 e. The van der Waals surface area contributed by atoms with E-state index in [9.17, 15) is 5.11 Å². The van der Waals surface area contributed by atoms with Crippen LogP contribution in [0.3, 0.4) is 0 Å². The molecule has 0 unspecified atom stereocenters. The van der Waals surface area contributed by atoms with Crippen molar-refractivity contribution in [2.75, 3.05) is 19.6 Å². The number of rotatable bonds is 3. The van der Waals surface area contributed by atoms with Crippen LogP contribution in [0.5, 0.6) is 0 Å². The number of piperidine rings is 1. The van der Waals surface area contributed by atoms with Gasteiger partial charge in [-0.15, -0.1) is 0 Å². The number of likely N-dealkylation sites (tertiary alicyclic amines) is 1. The van der Waals surface area contributed by atoms with E-state index in [2.05, 4.69) is 61.2 Å². The number of hydrogen-bond acceptors (Lipinski definition) is 2. The van der Waals surface area contributed by atoms with Gasteiger partial charge in [0.2, 0.25) is 0 Å². The first-order chi connectivity index (χ1) is 10.1. The minimum atomic E-state index is -0.655. The van der Waals surface area contributed by atoms with Crippen molar-refractivity contribution >= 4 is 10.8 Å². The maximum Gasteiger partial charge on any atom is 0.0921 e. The molecule has 3 rings (SSSR count). The SMILES string of the molecule is CC(C)CN1CCC(O)(c2ccc3ccccc3c2)CC1. The van der Waals surface area contributed by atoms with Crippen LogP contribution >= 0.6 is 0 Å². The van der Waals surface area contributed by atoms with Crippen LogP contribution in [-0.4, -0.2) is 29.6 Å². The number of nitrogens with zero attached hydrogens (tertiary/aromatic N) is 1. The van der Waals surface area contributed by atoms with Crippen LogP contribution < -0.4 is 0 Å². The van der Waals surface area contributed by atoms with Crippen LogP contribution in [0.15, 0.2) is 42.5 Å². The molecule has 0 amide bonds. The standard InChI is InChI=1S/C19H25NO/c1-15(2)14-20-11-9-19(21,10-12-20)18-8-7-16-5-3-4-6-17(16)13-18/h3-8,13,15,21H,9-12,14H2,1-2H3. The molecule has 112 valence electrons. The number of fused-ring (bicyclic) bond motifs is 1. The van der Waals surface area contributed by atoms with Crippen molar-refractivity contribution in [1.29, 1.82) is 0 Å². The molecule has 0 saturated carbocycles. The van der Waals surface area contributed by atoms with Crippen LogP contribution in [0.4, 0.5) is 0 Å². The molecule has 1 heterocycles. The Morgan fingerprint density at radius 2 is 1.71 bits per heavy atom. The summed E-state index contributed by atoms with van der Waals surface area (Å²) in [5.74, 6) is 0.692. The fourth-order valence-electron chi connectivity index (χ4n) is 3.39. The van der Waals surface area contributed by atoms with E-state index >= 15 is 0 Å². The van der Waals surface area contributed by atoms with Gasteiger partial charge in [0.05, 0.1) is 5.60 Å². The molecule has 2 aromatic carbocycles.